The third kappa shape index (κ3) is 2.96. The second kappa shape index (κ2) is 7.21. The molecular weight excluding hydrogens is 306 g/mol. The maximum atomic E-state index is 13.4. The summed E-state index contributed by atoms with van der Waals surface area (Å²) < 4.78 is 10.8. The van der Waals surface area contributed by atoms with E-state index in [4.69, 9.17) is 9.47 Å². The van der Waals surface area contributed by atoms with Gasteiger partial charge in [-0.25, -0.2) is 0 Å². The van der Waals surface area contributed by atoms with Gasteiger partial charge in [-0.05, 0) is 18.4 Å². The van der Waals surface area contributed by atoms with Crippen LogP contribution in [0.5, 0.6) is 0 Å². The lowest BCUT2D eigenvalue weighted by molar-refractivity contribution is -0.162. The van der Waals surface area contributed by atoms with Gasteiger partial charge in [0.2, 0.25) is 5.91 Å². The first kappa shape index (κ1) is 17.4. The van der Waals surface area contributed by atoms with Crippen molar-refractivity contribution in [2.75, 3.05) is 27.4 Å². The highest BCUT2D eigenvalue weighted by molar-refractivity contribution is 5.88. The minimum Gasteiger partial charge on any atom is -0.388 e. The van der Waals surface area contributed by atoms with E-state index in [9.17, 15) is 9.90 Å². The Kier molecular flexibility index (Phi) is 5.23. The molecule has 5 nitrogen and oxygen atoms in total. The van der Waals surface area contributed by atoms with E-state index in [-0.39, 0.29) is 11.9 Å². The summed E-state index contributed by atoms with van der Waals surface area (Å²) in [4.78, 5) is 15.1. The monoisotopic (exact) mass is 333 g/mol. The molecule has 1 amide bonds. The van der Waals surface area contributed by atoms with Crippen molar-refractivity contribution in [1.29, 1.82) is 0 Å². The van der Waals surface area contributed by atoms with Crippen LogP contribution in [0.1, 0.15) is 31.2 Å². The van der Waals surface area contributed by atoms with E-state index in [1.165, 1.54) is 0 Å². The van der Waals surface area contributed by atoms with Crippen LogP contribution in [0.2, 0.25) is 0 Å². The Labute approximate surface area is 143 Å². The van der Waals surface area contributed by atoms with Gasteiger partial charge in [-0.3, -0.25) is 4.79 Å². The highest BCUT2D eigenvalue weighted by atomic mass is 16.5. The van der Waals surface area contributed by atoms with Gasteiger partial charge in [-0.15, -0.1) is 0 Å². The predicted molar refractivity (Wildman–Crippen MR) is 90.8 cm³/mol. The number of amides is 1. The van der Waals surface area contributed by atoms with E-state index < -0.39 is 17.6 Å². The van der Waals surface area contributed by atoms with Crippen LogP contribution in [0.15, 0.2) is 30.3 Å². The first-order valence-corrected chi connectivity index (χ1v) is 8.71. The lowest BCUT2D eigenvalue weighted by Gasteiger charge is -2.42. The summed E-state index contributed by atoms with van der Waals surface area (Å²) in [6.45, 7) is 0.703. The molecule has 1 heterocycles. The van der Waals surface area contributed by atoms with E-state index in [0.29, 0.717) is 13.2 Å². The summed E-state index contributed by atoms with van der Waals surface area (Å²) >= 11 is 0. The molecule has 2 fully saturated rings. The van der Waals surface area contributed by atoms with Gasteiger partial charge in [0, 0.05) is 14.2 Å². The SMILES string of the molecule is CO[C@@H]1COC[C@@H](N(C)C(=O)C2(c3ccccc3)CCCC2)[C@@H]1O. The molecule has 1 saturated carbocycles. The number of nitrogens with zero attached hydrogens (tertiary/aromatic N) is 1. The molecule has 3 rings (SSSR count). The number of aliphatic hydroxyl groups is 1. The Bertz CT molecular complexity index is 556. The lowest BCUT2D eigenvalue weighted by Crippen LogP contribution is -2.59. The van der Waals surface area contributed by atoms with Crippen LogP contribution in [0.3, 0.4) is 0 Å². The lowest BCUT2D eigenvalue weighted by atomic mass is 9.77. The summed E-state index contributed by atoms with van der Waals surface area (Å²) in [5.74, 6) is 0.0793. The Hall–Kier alpha value is -1.43. The summed E-state index contributed by atoms with van der Waals surface area (Å²) in [7, 11) is 3.34. The van der Waals surface area contributed by atoms with Crippen molar-refractivity contribution in [3.63, 3.8) is 0 Å². The van der Waals surface area contributed by atoms with E-state index in [0.717, 1.165) is 31.2 Å². The van der Waals surface area contributed by atoms with Crippen LogP contribution in [0, 0.1) is 0 Å². The Balaban J connectivity index is 1.85. The van der Waals surface area contributed by atoms with Crippen molar-refractivity contribution in [3.05, 3.63) is 35.9 Å². The number of carbonyl (C=O) groups is 1. The molecule has 132 valence electrons. The Morgan fingerprint density at radius 1 is 1.25 bits per heavy atom. The largest absolute Gasteiger partial charge is 0.388 e. The predicted octanol–water partition coefficient (Wildman–Crippen LogP) is 1.73. The van der Waals surface area contributed by atoms with E-state index >= 15 is 0 Å². The van der Waals surface area contributed by atoms with Crippen LogP contribution in [0.4, 0.5) is 0 Å². The van der Waals surface area contributed by atoms with Gasteiger partial charge >= 0.3 is 0 Å². The molecule has 3 atom stereocenters. The normalized spacial score (nSPS) is 29.4. The molecule has 5 heteroatoms. The van der Waals surface area contributed by atoms with Crippen molar-refractivity contribution in [2.45, 2.75) is 49.3 Å². The second-order valence-corrected chi connectivity index (χ2v) is 6.94. The minimum absolute atomic E-state index is 0.0793. The third-order valence-corrected chi connectivity index (χ3v) is 5.66. The van der Waals surface area contributed by atoms with Crippen LogP contribution in [-0.4, -0.2) is 61.5 Å². The van der Waals surface area contributed by atoms with E-state index in [1.807, 2.05) is 30.3 Å². The van der Waals surface area contributed by atoms with Gasteiger partial charge in [0.25, 0.3) is 0 Å². The zero-order valence-corrected chi connectivity index (χ0v) is 14.5. The molecule has 0 spiro atoms. The number of likely N-dealkylation sites (N-methyl/N-ethyl adjacent to an activating group) is 1. The fraction of sp³-hybridized carbons (Fsp3) is 0.632. The Morgan fingerprint density at radius 2 is 1.92 bits per heavy atom. The number of aliphatic hydroxyl groups excluding tert-OH is 1. The molecule has 2 aliphatic rings. The molecule has 1 aromatic carbocycles. The molecular formula is C19H27NO4. The molecule has 1 aromatic rings. The number of carbonyl (C=O) groups excluding carboxylic acids is 1. The number of rotatable bonds is 4. The third-order valence-electron chi connectivity index (χ3n) is 5.66. The van der Waals surface area contributed by atoms with Crippen LogP contribution in [0.25, 0.3) is 0 Å². The van der Waals surface area contributed by atoms with E-state index in [1.54, 1.807) is 19.1 Å². The zero-order valence-electron chi connectivity index (χ0n) is 14.5. The van der Waals surface area contributed by atoms with Crippen LogP contribution in [-0.2, 0) is 19.7 Å². The molecule has 1 N–H and O–H groups in total. The van der Waals surface area contributed by atoms with Crippen molar-refractivity contribution in [2.24, 2.45) is 0 Å². The van der Waals surface area contributed by atoms with Crippen LogP contribution >= 0.6 is 0 Å². The van der Waals surface area contributed by atoms with Crippen molar-refractivity contribution in [3.8, 4) is 0 Å². The van der Waals surface area contributed by atoms with Gasteiger partial charge in [-0.1, -0.05) is 43.2 Å². The average molecular weight is 333 g/mol. The fourth-order valence-electron chi connectivity index (χ4n) is 4.15. The highest BCUT2D eigenvalue weighted by Crippen LogP contribution is 2.43. The van der Waals surface area contributed by atoms with Crippen molar-refractivity contribution >= 4 is 5.91 Å². The maximum Gasteiger partial charge on any atom is 0.233 e. The Morgan fingerprint density at radius 3 is 2.54 bits per heavy atom. The zero-order chi connectivity index (χ0) is 17.2. The van der Waals surface area contributed by atoms with Gasteiger partial charge in [0.05, 0.1) is 24.7 Å². The topological polar surface area (TPSA) is 59.0 Å². The number of hydrogen-bond donors (Lipinski definition) is 1. The van der Waals surface area contributed by atoms with Gasteiger partial charge < -0.3 is 19.5 Å². The van der Waals surface area contributed by atoms with Gasteiger partial charge in [0.15, 0.2) is 0 Å². The summed E-state index contributed by atoms with van der Waals surface area (Å²) in [5.41, 5.74) is 0.601. The van der Waals surface area contributed by atoms with Crippen molar-refractivity contribution < 1.29 is 19.4 Å². The number of benzene rings is 1. The first-order chi connectivity index (χ1) is 11.6. The first-order valence-electron chi connectivity index (χ1n) is 8.71. The van der Waals surface area contributed by atoms with Gasteiger partial charge in [-0.2, -0.15) is 0 Å². The number of hydrogen-bond acceptors (Lipinski definition) is 4. The maximum absolute atomic E-state index is 13.4. The molecule has 0 aromatic heterocycles. The van der Waals surface area contributed by atoms with Crippen LogP contribution < -0.4 is 0 Å². The molecule has 1 aliphatic carbocycles. The second-order valence-electron chi connectivity index (χ2n) is 6.94. The summed E-state index contributed by atoms with van der Waals surface area (Å²) in [6, 6.07) is 9.66. The summed E-state index contributed by atoms with van der Waals surface area (Å²) in [5, 5.41) is 10.5. The number of methoxy groups -OCH3 is 1. The highest BCUT2D eigenvalue weighted by Gasteiger charge is 2.47. The number of ether oxygens (including phenoxy) is 2. The average Bonchev–Trinajstić information content (AvgIpc) is 3.12. The smallest absolute Gasteiger partial charge is 0.233 e. The molecule has 24 heavy (non-hydrogen) atoms. The van der Waals surface area contributed by atoms with E-state index in [2.05, 4.69) is 0 Å². The minimum atomic E-state index is -0.730. The summed E-state index contributed by atoms with van der Waals surface area (Å²) in [6.07, 6.45) is 2.70. The fourth-order valence-corrected chi connectivity index (χ4v) is 4.15. The molecule has 1 saturated heterocycles. The molecule has 0 unspecified atom stereocenters. The molecule has 0 radical (unpaired) electrons. The molecule has 1 aliphatic heterocycles. The standard InChI is InChI=1S/C19H27NO4/c1-20(15-12-24-13-16(23-2)17(15)21)18(22)19(10-6-7-11-19)14-8-4-3-5-9-14/h3-5,8-9,15-17,21H,6-7,10-13H2,1-2H3/t15-,16-,17+/m1/s1. The quantitative estimate of drug-likeness (QED) is 0.912. The van der Waals surface area contributed by atoms with Gasteiger partial charge in [0.1, 0.15) is 12.2 Å². The molecule has 0 bridgehead atoms. The van der Waals surface area contributed by atoms with Crippen molar-refractivity contribution in [1.82, 2.24) is 4.90 Å².